The fraction of sp³-hybridized carbons (Fsp3) is 0.321. The summed E-state index contributed by atoms with van der Waals surface area (Å²) in [4.78, 5) is 12.8. The van der Waals surface area contributed by atoms with Crippen LogP contribution in [0.1, 0.15) is 36.0 Å². The van der Waals surface area contributed by atoms with Gasteiger partial charge in [0.05, 0.1) is 10.8 Å². The lowest BCUT2D eigenvalue weighted by molar-refractivity contribution is -0.122. The zero-order chi connectivity index (χ0) is 24.1. The molecule has 1 amide bonds. The maximum atomic E-state index is 13.6. The van der Waals surface area contributed by atoms with E-state index in [4.69, 9.17) is 10.5 Å². The Balaban J connectivity index is 1.37. The van der Waals surface area contributed by atoms with Crippen LogP contribution >= 0.6 is 0 Å². The Morgan fingerprint density at radius 3 is 2.32 bits per heavy atom. The predicted molar refractivity (Wildman–Crippen MR) is 133 cm³/mol. The summed E-state index contributed by atoms with van der Waals surface area (Å²) in [5.41, 5.74) is 10.8. The number of aryl methyl sites for hydroxylation is 3. The zero-order valence-corrected chi connectivity index (χ0v) is 20.2. The number of primary amides is 1. The Hall–Kier alpha value is -2.83. The number of carbonyl (C=O) groups excluding carboxylic acids is 1. The highest BCUT2D eigenvalue weighted by Crippen LogP contribution is 2.32. The molecular weight excluding hydrogens is 449 g/mol. The topological polar surface area (TPSA) is 69.4 Å². The number of amides is 1. The molecule has 0 aliphatic carbocycles. The Morgan fingerprint density at radius 2 is 1.65 bits per heavy atom. The lowest BCUT2D eigenvalue weighted by Crippen LogP contribution is -2.51. The number of rotatable bonds is 8. The summed E-state index contributed by atoms with van der Waals surface area (Å²) in [6.07, 6.45) is 3.55. The summed E-state index contributed by atoms with van der Waals surface area (Å²) >= 11 is 0. The summed E-state index contributed by atoms with van der Waals surface area (Å²) in [7, 11) is -1.50. The molecule has 0 saturated carbocycles. The molecule has 0 radical (unpaired) electrons. The van der Waals surface area contributed by atoms with E-state index >= 15 is 0 Å². The van der Waals surface area contributed by atoms with Gasteiger partial charge in [-0.05, 0) is 91.1 Å². The van der Waals surface area contributed by atoms with Crippen LogP contribution in [-0.2, 0) is 33.2 Å². The number of carbonyl (C=O) groups is 1. The number of benzene rings is 3. The molecule has 1 aliphatic rings. The molecule has 1 unspecified atom stereocenters. The third-order valence-corrected chi connectivity index (χ3v) is 8.61. The summed E-state index contributed by atoms with van der Waals surface area (Å²) in [5, 5.41) is 0. The second-order valence-electron chi connectivity index (χ2n) is 8.90. The van der Waals surface area contributed by atoms with Crippen LogP contribution in [0.2, 0.25) is 0 Å². The molecule has 0 spiro atoms. The number of halogens is 1. The van der Waals surface area contributed by atoms with Crippen molar-refractivity contribution in [1.82, 2.24) is 0 Å². The van der Waals surface area contributed by atoms with Crippen molar-refractivity contribution in [3.63, 3.8) is 0 Å². The van der Waals surface area contributed by atoms with E-state index in [0.29, 0.717) is 36.5 Å². The van der Waals surface area contributed by atoms with Crippen molar-refractivity contribution in [2.24, 2.45) is 5.73 Å². The van der Waals surface area contributed by atoms with Crippen LogP contribution < -0.4 is 5.73 Å². The molecule has 1 atom stereocenters. The van der Waals surface area contributed by atoms with E-state index in [9.17, 15) is 13.4 Å². The first kappa shape index (κ1) is 24.3. The van der Waals surface area contributed by atoms with E-state index in [2.05, 4.69) is 12.1 Å². The Kier molecular flexibility index (Phi) is 7.59. The lowest BCUT2D eigenvalue weighted by Gasteiger charge is -2.33. The third kappa shape index (κ3) is 5.29. The summed E-state index contributed by atoms with van der Waals surface area (Å²) < 4.78 is 31.1. The van der Waals surface area contributed by atoms with Gasteiger partial charge in [-0.3, -0.25) is 9.00 Å². The van der Waals surface area contributed by atoms with E-state index in [1.54, 1.807) is 6.92 Å². The van der Waals surface area contributed by atoms with Crippen LogP contribution in [0.3, 0.4) is 0 Å². The molecule has 0 bridgehead atoms. The molecule has 4 nitrogen and oxygen atoms in total. The predicted octanol–water partition coefficient (Wildman–Crippen LogP) is 5.12. The van der Waals surface area contributed by atoms with Gasteiger partial charge in [0.15, 0.2) is 0 Å². The minimum absolute atomic E-state index is 0.188. The van der Waals surface area contributed by atoms with Crippen molar-refractivity contribution in [1.29, 1.82) is 0 Å². The van der Waals surface area contributed by atoms with Gasteiger partial charge in [-0.15, -0.1) is 0 Å². The zero-order valence-electron chi connectivity index (χ0n) is 19.4. The minimum Gasteiger partial charge on any atom is -0.381 e. The van der Waals surface area contributed by atoms with Gasteiger partial charge < -0.3 is 10.5 Å². The first-order valence-corrected chi connectivity index (χ1v) is 12.8. The van der Waals surface area contributed by atoms with E-state index in [1.807, 2.05) is 48.5 Å². The maximum absolute atomic E-state index is 13.6. The van der Waals surface area contributed by atoms with Crippen molar-refractivity contribution in [2.75, 3.05) is 13.2 Å². The normalized spacial score (nSPS) is 16.2. The number of nitrogens with two attached hydrogens (primary N) is 1. The Morgan fingerprint density at radius 1 is 0.971 bits per heavy atom. The SMILES string of the molecule is Cc1cc(-c2cccc(CCCc3ccc(S(=O)C4(C(N)=O)CCOCC4)cc3)c2)ccc1F. The van der Waals surface area contributed by atoms with Gasteiger partial charge >= 0.3 is 0 Å². The Bertz CT molecular complexity index is 1190. The van der Waals surface area contributed by atoms with Crippen molar-refractivity contribution in [3.8, 4) is 11.1 Å². The fourth-order valence-electron chi connectivity index (χ4n) is 4.46. The van der Waals surface area contributed by atoms with Crippen molar-refractivity contribution in [2.45, 2.75) is 48.7 Å². The fourth-order valence-corrected chi connectivity index (χ4v) is 6.01. The highest BCUT2D eigenvalue weighted by molar-refractivity contribution is 7.87. The molecule has 3 aromatic carbocycles. The van der Waals surface area contributed by atoms with Crippen molar-refractivity contribution < 1.29 is 18.1 Å². The van der Waals surface area contributed by atoms with Gasteiger partial charge in [0.25, 0.3) is 0 Å². The highest BCUT2D eigenvalue weighted by atomic mass is 32.2. The van der Waals surface area contributed by atoms with Crippen LogP contribution in [0.4, 0.5) is 4.39 Å². The average molecular weight is 480 g/mol. The molecular formula is C28H30FNO3S. The second kappa shape index (κ2) is 10.6. The van der Waals surface area contributed by atoms with Gasteiger partial charge in [0.2, 0.25) is 5.91 Å². The van der Waals surface area contributed by atoms with Gasteiger partial charge in [-0.1, -0.05) is 42.5 Å². The number of hydrogen-bond donors (Lipinski definition) is 1. The van der Waals surface area contributed by atoms with Gasteiger partial charge in [0.1, 0.15) is 10.6 Å². The van der Waals surface area contributed by atoms with Crippen LogP contribution in [0.5, 0.6) is 0 Å². The smallest absolute Gasteiger partial charge is 0.236 e. The first-order chi connectivity index (χ1) is 16.4. The third-order valence-electron chi connectivity index (χ3n) is 6.59. The summed E-state index contributed by atoms with van der Waals surface area (Å²) in [6.45, 7) is 2.57. The summed E-state index contributed by atoms with van der Waals surface area (Å²) in [6, 6.07) is 21.2. The molecule has 4 rings (SSSR count). The molecule has 34 heavy (non-hydrogen) atoms. The van der Waals surface area contributed by atoms with E-state index in [-0.39, 0.29) is 5.82 Å². The molecule has 1 heterocycles. The lowest BCUT2D eigenvalue weighted by atomic mass is 9.98. The monoisotopic (exact) mass is 479 g/mol. The molecule has 0 aromatic heterocycles. The molecule has 6 heteroatoms. The average Bonchev–Trinajstić information content (AvgIpc) is 2.86. The van der Waals surface area contributed by atoms with E-state index in [0.717, 1.165) is 36.0 Å². The Labute approximate surface area is 202 Å². The van der Waals surface area contributed by atoms with E-state index < -0.39 is 21.5 Å². The number of ether oxygens (including phenoxy) is 1. The van der Waals surface area contributed by atoms with E-state index in [1.165, 1.54) is 11.6 Å². The molecule has 178 valence electrons. The molecule has 1 aliphatic heterocycles. The standard InChI is InChI=1S/C28H30FNO3S/c1-20-18-24(10-13-26(20)29)23-7-3-6-22(19-23)5-2-4-21-8-11-25(12-9-21)34(32)28(27(30)31)14-16-33-17-15-28/h3,6-13,18-19H,2,4-5,14-17H2,1H3,(H2,30,31). The van der Waals surface area contributed by atoms with Gasteiger partial charge in [-0.2, -0.15) is 0 Å². The quantitative estimate of drug-likeness (QED) is 0.488. The van der Waals surface area contributed by atoms with Crippen molar-refractivity contribution >= 4 is 16.7 Å². The minimum atomic E-state index is -1.50. The molecule has 3 aromatic rings. The molecule has 2 N–H and O–H groups in total. The van der Waals surface area contributed by atoms with Crippen LogP contribution in [0, 0.1) is 12.7 Å². The van der Waals surface area contributed by atoms with Crippen LogP contribution in [-0.4, -0.2) is 28.1 Å². The number of hydrogen-bond acceptors (Lipinski definition) is 3. The highest BCUT2D eigenvalue weighted by Gasteiger charge is 2.45. The largest absolute Gasteiger partial charge is 0.381 e. The van der Waals surface area contributed by atoms with Crippen molar-refractivity contribution in [3.05, 3.63) is 89.2 Å². The molecule has 1 saturated heterocycles. The van der Waals surface area contributed by atoms with Crippen LogP contribution in [0.15, 0.2) is 71.6 Å². The second-order valence-corrected chi connectivity index (χ2v) is 10.7. The maximum Gasteiger partial charge on any atom is 0.236 e. The van der Waals surface area contributed by atoms with Gasteiger partial charge in [-0.25, -0.2) is 4.39 Å². The van der Waals surface area contributed by atoms with Crippen LogP contribution in [0.25, 0.3) is 11.1 Å². The molecule has 1 fully saturated rings. The first-order valence-electron chi connectivity index (χ1n) is 11.6. The van der Waals surface area contributed by atoms with Gasteiger partial charge in [0, 0.05) is 18.1 Å². The summed E-state index contributed by atoms with van der Waals surface area (Å²) in [5.74, 6) is -0.705.